The molecule has 1 rings (SSSR count). The van der Waals surface area contributed by atoms with Crippen LogP contribution in [0, 0.1) is 0 Å². The van der Waals surface area contributed by atoms with Gasteiger partial charge in [-0.15, -0.1) is 0 Å². The predicted octanol–water partition coefficient (Wildman–Crippen LogP) is 2.33. The topological polar surface area (TPSA) is 55.6 Å². The maximum Gasteiger partial charge on any atom is 0.387 e. The van der Waals surface area contributed by atoms with E-state index in [0.717, 1.165) is 11.3 Å². The minimum absolute atomic E-state index is 0.0967. The average molecular weight is 318 g/mol. The van der Waals surface area contributed by atoms with Gasteiger partial charge in [-0.1, -0.05) is 12.1 Å². The van der Waals surface area contributed by atoms with Gasteiger partial charge in [0.05, 0.1) is 6.04 Å². The second-order valence-corrected chi connectivity index (χ2v) is 5.59. The van der Waals surface area contributed by atoms with Crippen molar-refractivity contribution in [2.45, 2.75) is 25.6 Å². The van der Waals surface area contributed by atoms with Gasteiger partial charge in [0, 0.05) is 13.6 Å². The quantitative estimate of drug-likeness (QED) is 0.799. The Morgan fingerprint density at radius 2 is 2.00 bits per heavy atom. The molecule has 1 aromatic carbocycles. The molecular formula is C14H20F2N2O2S. The zero-order valence-corrected chi connectivity index (χ0v) is 12.9. The molecule has 7 heteroatoms. The normalized spacial score (nSPS) is 12.3. The molecule has 0 aromatic heterocycles. The number of halogens is 2. The fraction of sp³-hybridized carbons (Fsp3) is 0.500. The van der Waals surface area contributed by atoms with E-state index in [1.807, 2.05) is 6.26 Å². The summed E-state index contributed by atoms with van der Waals surface area (Å²) < 4.78 is 28.3. The number of rotatable bonds is 8. The highest BCUT2D eigenvalue weighted by Crippen LogP contribution is 2.16. The van der Waals surface area contributed by atoms with Gasteiger partial charge >= 0.3 is 6.61 Å². The Balaban J connectivity index is 2.53. The van der Waals surface area contributed by atoms with Crippen LogP contribution < -0.4 is 10.5 Å². The van der Waals surface area contributed by atoms with Crippen molar-refractivity contribution in [1.82, 2.24) is 4.90 Å². The van der Waals surface area contributed by atoms with Gasteiger partial charge in [0.2, 0.25) is 5.91 Å². The lowest BCUT2D eigenvalue weighted by Gasteiger charge is -2.21. The fourth-order valence-electron chi connectivity index (χ4n) is 1.78. The molecule has 0 saturated carbocycles. The van der Waals surface area contributed by atoms with Crippen LogP contribution in [0.5, 0.6) is 5.75 Å². The molecule has 0 heterocycles. The largest absolute Gasteiger partial charge is 0.435 e. The first-order valence-electron chi connectivity index (χ1n) is 6.47. The van der Waals surface area contributed by atoms with E-state index >= 15 is 0 Å². The predicted molar refractivity (Wildman–Crippen MR) is 80.5 cm³/mol. The van der Waals surface area contributed by atoms with Crippen molar-refractivity contribution in [1.29, 1.82) is 0 Å². The molecule has 4 nitrogen and oxygen atoms in total. The van der Waals surface area contributed by atoms with Crippen LogP contribution in [-0.2, 0) is 11.3 Å². The van der Waals surface area contributed by atoms with Gasteiger partial charge in [-0.05, 0) is 36.1 Å². The van der Waals surface area contributed by atoms with Crippen molar-refractivity contribution in [3.05, 3.63) is 29.8 Å². The van der Waals surface area contributed by atoms with E-state index in [0.29, 0.717) is 13.0 Å². The molecule has 0 aliphatic heterocycles. The summed E-state index contributed by atoms with van der Waals surface area (Å²) >= 11 is 1.64. The number of likely N-dealkylation sites (N-methyl/N-ethyl adjacent to an activating group) is 1. The minimum Gasteiger partial charge on any atom is -0.435 e. The van der Waals surface area contributed by atoms with Crippen LogP contribution >= 0.6 is 11.8 Å². The SMILES string of the molecule is CSCC[C@H](N)C(=O)N(C)Cc1ccc(OC(F)F)cc1. The Hall–Kier alpha value is -1.34. The summed E-state index contributed by atoms with van der Waals surface area (Å²) in [6.07, 6.45) is 2.59. The number of carbonyl (C=O) groups is 1. The first kappa shape index (κ1) is 17.7. The van der Waals surface area contributed by atoms with Gasteiger partial charge in [-0.3, -0.25) is 4.79 Å². The number of amides is 1. The number of alkyl halides is 2. The molecule has 0 aliphatic carbocycles. The third kappa shape index (κ3) is 6.31. The molecule has 0 radical (unpaired) electrons. The van der Waals surface area contributed by atoms with Crippen molar-refractivity contribution in [3.8, 4) is 5.75 Å². The van der Waals surface area contributed by atoms with E-state index < -0.39 is 12.7 Å². The first-order valence-corrected chi connectivity index (χ1v) is 7.86. The highest BCUT2D eigenvalue weighted by molar-refractivity contribution is 7.98. The van der Waals surface area contributed by atoms with Gasteiger partial charge < -0.3 is 15.4 Å². The van der Waals surface area contributed by atoms with E-state index in [9.17, 15) is 13.6 Å². The van der Waals surface area contributed by atoms with Crippen LogP contribution in [-0.4, -0.2) is 42.5 Å². The molecule has 1 amide bonds. The molecule has 0 unspecified atom stereocenters. The summed E-state index contributed by atoms with van der Waals surface area (Å²) in [4.78, 5) is 13.6. The molecule has 0 saturated heterocycles. The molecule has 0 aliphatic rings. The van der Waals surface area contributed by atoms with E-state index in [1.165, 1.54) is 17.0 Å². The van der Waals surface area contributed by atoms with Crippen LogP contribution in [0.2, 0.25) is 0 Å². The lowest BCUT2D eigenvalue weighted by Crippen LogP contribution is -2.41. The Bertz CT molecular complexity index is 443. The highest BCUT2D eigenvalue weighted by Gasteiger charge is 2.17. The Morgan fingerprint density at radius 3 is 2.52 bits per heavy atom. The van der Waals surface area contributed by atoms with E-state index in [2.05, 4.69) is 4.74 Å². The fourth-order valence-corrected chi connectivity index (χ4v) is 2.27. The van der Waals surface area contributed by atoms with Crippen molar-refractivity contribution in [2.75, 3.05) is 19.1 Å². The summed E-state index contributed by atoms with van der Waals surface area (Å²) in [5.41, 5.74) is 6.65. The standard InChI is InChI=1S/C14H20F2N2O2S/c1-18(13(19)12(17)7-8-21-2)9-10-3-5-11(6-4-10)20-14(15)16/h3-6,12,14H,7-9,17H2,1-2H3/t12-/m0/s1. The van der Waals surface area contributed by atoms with Crippen molar-refractivity contribution >= 4 is 17.7 Å². The van der Waals surface area contributed by atoms with E-state index in [1.54, 1.807) is 30.9 Å². The van der Waals surface area contributed by atoms with Crippen LogP contribution in [0.3, 0.4) is 0 Å². The van der Waals surface area contributed by atoms with Gasteiger partial charge in [0.15, 0.2) is 0 Å². The number of hydrogen-bond donors (Lipinski definition) is 1. The zero-order valence-electron chi connectivity index (χ0n) is 12.1. The van der Waals surface area contributed by atoms with Crippen LogP contribution in [0.1, 0.15) is 12.0 Å². The molecule has 0 fully saturated rings. The Kier molecular flexibility index (Phi) is 7.45. The van der Waals surface area contributed by atoms with Gasteiger partial charge in [-0.2, -0.15) is 20.5 Å². The third-order valence-corrected chi connectivity index (χ3v) is 3.54. The summed E-state index contributed by atoms with van der Waals surface area (Å²) in [5.74, 6) is 0.803. The smallest absolute Gasteiger partial charge is 0.387 e. The molecular weight excluding hydrogens is 298 g/mol. The lowest BCUT2D eigenvalue weighted by molar-refractivity contribution is -0.131. The number of carbonyl (C=O) groups excluding carboxylic acids is 1. The molecule has 1 aromatic rings. The Labute approximate surface area is 127 Å². The van der Waals surface area contributed by atoms with Crippen molar-refractivity contribution in [2.24, 2.45) is 5.73 Å². The second-order valence-electron chi connectivity index (χ2n) is 4.60. The van der Waals surface area contributed by atoms with Crippen LogP contribution in [0.4, 0.5) is 8.78 Å². The minimum atomic E-state index is -2.84. The molecule has 0 spiro atoms. The van der Waals surface area contributed by atoms with Gasteiger partial charge in [-0.25, -0.2) is 0 Å². The van der Waals surface area contributed by atoms with Gasteiger partial charge in [0.25, 0.3) is 0 Å². The molecule has 118 valence electrons. The van der Waals surface area contributed by atoms with E-state index in [-0.39, 0.29) is 11.7 Å². The lowest BCUT2D eigenvalue weighted by atomic mass is 10.1. The van der Waals surface area contributed by atoms with E-state index in [4.69, 9.17) is 5.73 Å². The van der Waals surface area contributed by atoms with Crippen molar-refractivity contribution in [3.63, 3.8) is 0 Å². The number of thioether (sulfide) groups is 1. The molecule has 21 heavy (non-hydrogen) atoms. The maximum atomic E-state index is 12.0. The number of nitrogens with zero attached hydrogens (tertiary/aromatic N) is 1. The summed E-state index contributed by atoms with van der Waals surface area (Å²) in [7, 11) is 1.67. The Morgan fingerprint density at radius 1 is 1.38 bits per heavy atom. The molecule has 1 atom stereocenters. The number of hydrogen-bond acceptors (Lipinski definition) is 4. The first-order chi connectivity index (χ1) is 9.93. The monoisotopic (exact) mass is 318 g/mol. The third-order valence-electron chi connectivity index (χ3n) is 2.89. The summed E-state index contributed by atoms with van der Waals surface area (Å²) in [5, 5.41) is 0. The summed E-state index contributed by atoms with van der Waals surface area (Å²) in [6.45, 7) is -2.46. The average Bonchev–Trinajstić information content (AvgIpc) is 2.45. The van der Waals surface area contributed by atoms with Crippen molar-refractivity contribution < 1.29 is 18.3 Å². The molecule has 0 bridgehead atoms. The van der Waals surface area contributed by atoms with Crippen LogP contribution in [0.15, 0.2) is 24.3 Å². The number of ether oxygens (including phenoxy) is 1. The zero-order chi connectivity index (χ0) is 15.8. The maximum absolute atomic E-state index is 12.0. The number of benzene rings is 1. The highest BCUT2D eigenvalue weighted by atomic mass is 32.2. The second kappa shape index (κ2) is 8.84. The van der Waals surface area contributed by atoms with Gasteiger partial charge in [0.1, 0.15) is 5.75 Å². The van der Waals surface area contributed by atoms with Crippen LogP contribution in [0.25, 0.3) is 0 Å². The number of nitrogens with two attached hydrogens (primary N) is 1. The molecule has 2 N–H and O–H groups in total. The summed E-state index contributed by atoms with van der Waals surface area (Å²) in [6, 6.07) is 5.69.